The highest BCUT2D eigenvalue weighted by Crippen LogP contribution is 2.32. The monoisotopic (exact) mass is 375 g/mol. The molecular formula is C15H13BrCl2FN. The molecule has 2 aromatic carbocycles. The summed E-state index contributed by atoms with van der Waals surface area (Å²) in [5.74, 6) is -0.289. The van der Waals surface area contributed by atoms with E-state index in [0.717, 1.165) is 17.7 Å². The maximum absolute atomic E-state index is 13.6. The molecule has 2 aromatic rings. The van der Waals surface area contributed by atoms with E-state index in [0.29, 0.717) is 14.5 Å². The van der Waals surface area contributed by atoms with Crippen LogP contribution in [0.25, 0.3) is 0 Å². The standard InChI is InChI=1S/C15H13BrCl2FN/c1-2-20-15(9-5-10(16)7-12(19)6-9)13-4-3-11(17)8-14(13)18/h3-8,15,20H,2H2,1H3. The molecule has 5 heteroatoms. The molecule has 0 aliphatic heterocycles. The summed E-state index contributed by atoms with van der Waals surface area (Å²) in [6.07, 6.45) is 0. The van der Waals surface area contributed by atoms with Crippen LogP contribution in [0.4, 0.5) is 4.39 Å². The highest BCUT2D eigenvalue weighted by atomic mass is 79.9. The Morgan fingerprint density at radius 2 is 1.95 bits per heavy atom. The largest absolute Gasteiger partial charge is 0.306 e. The minimum atomic E-state index is -0.289. The molecule has 1 N–H and O–H groups in total. The summed E-state index contributed by atoms with van der Waals surface area (Å²) in [5, 5.41) is 4.45. The third kappa shape index (κ3) is 3.73. The summed E-state index contributed by atoms with van der Waals surface area (Å²) in [4.78, 5) is 0. The average Bonchev–Trinajstić information content (AvgIpc) is 2.35. The Kier molecular flexibility index (Phi) is 5.44. The Bertz CT molecular complexity index is 599. The van der Waals surface area contributed by atoms with Crippen LogP contribution < -0.4 is 5.32 Å². The predicted octanol–water partition coefficient (Wildman–Crippen LogP) is 5.59. The molecule has 0 spiro atoms. The molecule has 0 heterocycles. The van der Waals surface area contributed by atoms with Gasteiger partial charge in [-0.3, -0.25) is 0 Å². The molecule has 0 aromatic heterocycles. The Balaban J connectivity index is 2.49. The molecule has 0 saturated heterocycles. The Labute approximate surface area is 136 Å². The van der Waals surface area contributed by atoms with E-state index < -0.39 is 0 Å². The number of hydrogen-bond acceptors (Lipinski definition) is 1. The smallest absolute Gasteiger partial charge is 0.124 e. The van der Waals surface area contributed by atoms with Crippen molar-refractivity contribution in [2.75, 3.05) is 6.54 Å². The van der Waals surface area contributed by atoms with Crippen molar-refractivity contribution in [2.24, 2.45) is 0 Å². The number of hydrogen-bond donors (Lipinski definition) is 1. The van der Waals surface area contributed by atoms with Crippen molar-refractivity contribution in [2.45, 2.75) is 13.0 Å². The van der Waals surface area contributed by atoms with Gasteiger partial charge in [-0.05, 0) is 48.0 Å². The Morgan fingerprint density at radius 3 is 2.55 bits per heavy atom. The second kappa shape index (κ2) is 6.90. The molecule has 0 fully saturated rings. The topological polar surface area (TPSA) is 12.0 Å². The summed E-state index contributed by atoms with van der Waals surface area (Å²) < 4.78 is 14.3. The summed E-state index contributed by atoms with van der Waals surface area (Å²) >= 11 is 15.5. The first-order chi connectivity index (χ1) is 9.51. The van der Waals surface area contributed by atoms with Crippen molar-refractivity contribution in [1.82, 2.24) is 5.32 Å². The van der Waals surface area contributed by atoms with E-state index in [1.165, 1.54) is 12.1 Å². The number of benzene rings is 2. The SMILES string of the molecule is CCNC(c1cc(F)cc(Br)c1)c1ccc(Cl)cc1Cl. The first kappa shape index (κ1) is 15.8. The van der Waals surface area contributed by atoms with E-state index in [1.807, 2.05) is 19.1 Å². The summed E-state index contributed by atoms with van der Waals surface area (Å²) in [6.45, 7) is 2.73. The van der Waals surface area contributed by atoms with Crippen LogP contribution in [-0.2, 0) is 0 Å². The van der Waals surface area contributed by atoms with Gasteiger partial charge in [-0.1, -0.05) is 52.1 Å². The predicted molar refractivity (Wildman–Crippen MR) is 86.1 cm³/mol. The van der Waals surface area contributed by atoms with Crippen LogP contribution in [0.5, 0.6) is 0 Å². The molecule has 1 unspecified atom stereocenters. The van der Waals surface area contributed by atoms with Gasteiger partial charge in [-0.15, -0.1) is 0 Å². The zero-order valence-electron chi connectivity index (χ0n) is 10.8. The van der Waals surface area contributed by atoms with Crippen LogP contribution in [0.1, 0.15) is 24.1 Å². The Hall–Kier alpha value is -0.610. The molecule has 2 rings (SSSR count). The molecule has 0 amide bonds. The molecule has 0 radical (unpaired) electrons. The maximum atomic E-state index is 13.6. The second-order valence-electron chi connectivity index (χ2n) is 4.36. The lowest BCUT2D eigenvalue weighted by molar-refractivity contribution is 0.602. The summed E-state index contributed by atoms with van der Waals surface area (Å²) in [7, 11) is 0. The van der Waals surface area contributed by atoms with Gasteiger partial charge in [0, 0.05) is 14.5 Å². The minimum Gasteiger partial charge on any atom is -0.306 e. The Morgan fingerprint density at radius 1 is 1.20 bits per heavy atom. The van der Waals surface area contributed by atoms with Gasteiger partial charge in [-0.25, -0.2) is 4.39 Å². The van der Waals surface area contributed by atoms with Gasteiger partial charge in [0.05, 0.1) is 6.04 Å². The zero-order chi connectivity index (χ0) is 14.7. The lowest BCUT2D eigenvalue weighted by Gasteiger charge is -2.20. The molecule has 0 aliphatic carbocycles. The number of nitrogens with one attached hydrogen (secondary N) is 1. The lowest BCUT2D eigenvalue weighted by atomic mass is 9.98. The van der Waals surface area contributed by atoms with Gasteiger partial charge in [0.25, 0.3) is 0 Å². The molecule has 1 atom stereocenters. The van der Waals surface area contributed by atoms with Crippen LogP contribution in [0.3, 0.4) is 0 Å². The lowest BCUT2D eigenvalue weighted by Crippen LogP contribution is -2.22. The molecular weight excluding hydrogens is 364 g/mol. The van der Waals surface area contributed by atoms with Gasteiger partial charge in [0.15, 0.2) is 0 Å². The van der Waals surface area contributed by atoms with Crippen LogP contribution in [0.15, 0.2) is 40.9 Å². The van der Waals surface area contributed by atoms with E-state index in [4.69, 9.17) is 23.2 Å². The fraction of sp³-hybridized carbons (Fsp3) is 0.200. The van der Waals surface area contributed by atoms with Gasteiger partial charge >= 0.3 is 0 Å². The summed E-state index contributed by atoms with van der Waals surface area (Å²) in [5.41, 5.74) is 1.68. The number of rotatable bonds is 4. The van der Waals surface area contributed by atoms with Gasteiger partial charge in [0.2, 0.25) is 0 Å². The molecule has 0 saturated carbocycles. The average molecular weight is 377 g/mol. The molecule has 106 valence electrons. The van der Waals surface area contributed by atoms with Gasteiger partial charge < -0.3 is 5.32 Å². The third-order valence-electron chi connectivity index (χ3n) is 2.90. The van der Waals surface area contributed by atoms with Crippen molar-refractivity contribution < 1.29 is 4.39 Å². The molecule has 0 bridgehead atoms. The van der Waals surface area contributed by atoms with E-state index >= 15 is 0 Å². The van der Waals surface area contributed by atoms with Crippen molar-refractivity contribution in [1.29, 1.82) is 0 Å². The maximum Gasteiger partial charge on any atom is 0.124 e. The van der Waals surface area contributed by atoms with Crippen molar-refractivity contribution >= 4 is 39.1 Å². The fourth-order valence-electron chi connectivity index (χ4n) is 2.09. The third-order valence-corrected chi connectivity index (χ3v) is 3.92. The fourth-order valence-corrected chi connectivity index (χ4v) is 3.09. The van der Waals surface area contributed by atoms with Crippen molar-refractivity contribution in [3.8, 4) is 0 Å². The van der Waals surface area contributed by atoms with Gasteiger partial charge in [-0.2, -0.15) is 0 Å². The first-order valence-electron chi connectivity index (χ1n) is 6.15. The van der Waals surface area contributed by atoms with E-state index in [1.54, 1.807) is 12.1 Å². The highest BCUT2D eigenvalue weighted by Gasteiger charge is 2.17. The minimum absolute atomic E-state index is 0.184. The normalized spacial score (nSPS) is 12.4. The molecule has 1 nitrogen and oxygen atoms in total. The zero-order valence-corrected chi connectivity index (χ0v) is 13.9. The van der Waals surface area contributed by atoms with E-state index in [9.17, 15) is 4.39 Å². The van der Waals surface area contributed by atoms with Crippen LogP contribution >= 0.6 is 39.1 Å². The highest BCUT2D eigenvalue weighted by molar-refractivity contribution is 9.10. The molecule has 20 heavy (non-hydrogen) atoms. The quantitative estimate of drug-likeness (QED) is 0.732. The van der Waals surface area contributed by atoms with Crippen LogP contribution in [0, 0.1) is 5.82 Å². The second-order valence-corrected chi connectivity index (χ2v) is 6.12. The molecule has 0 aliphatic rings. The first-order valence-corrected chi connectivity index (χ1v) is 7.70. The van der Waals surface area contributed by atoms with E-state index in [2.05, 4.69) is 21.2 Å². The van der Waals surface area contributed by atoms with Crippen molar-refractivity contribution in [3.63, 3.8) is 0 Å². The van der Waals surface area contributed by atoms with Crippen LogP contribution in [0.2, 0.25) is 10.0 Å². The van der Waals surface area contributed by atoms with E-state index in [-0.39, 0.29) is 11.9 Å². The van der Waals surface area contributed by atoms with Gasteiger partial charge in [0.1, 0.15) is 5.82 Å². The van der Waals surface area contributed by atoms with Crippen LogP contribution in [-0.4, -0.2) is 6.54 Å². The van der Waals surface area contributed by atoms with Crippen molar-refractivity contribution in [3.05, 3.63) is 67.9 Å². The summed E-state index contributed by atoms with van der Waals surface area (Å²) in [6, 6.07) is 9.95. The number of halogens is 4.